The molecule has 1 atom stereocenters. The summed E-state index contributed by atoms with van der Waals surface area (Å²) in [5, 5.41) is 10.3. The summed E-state index contributed by atoms with van der Waals surface area (Å²) in [7, 11) is 0. The van der Waals surface area contributed by atoms with Crippen molar-refractivity contribution in [3.8, 4) is 17.2 Å². The number of hydrogen-bond acceptors (Lipinski definition) is 4. The molecule has 6 heteroatoms. The van der Waals surface area contributed by atoms with Crippen LogP contribution in [0.4, 0.5) is 0 Å². The van der Waals surface area contributed by atoms with Crippen LogP contribution in [0.2, 0.25) is 5.02 Å². The van der Waals surface area contributed by atoms with Crippen molar-refractivity contribution >= 4 is 17.6 Å². The van der Waals surface area contributed by atoms with Gasteiger partial charge in [-0.1, -0.05) is 44.5 Å². The van der Waals surface area contributed by atoms with E-state index < -0.39 is 11.6 Å². The molecule has 0 radical (unpaired) electrons. The van der Waals surface area contributed by atoms with Crippen LogP contribution in [-0.4, -0.2) is 29.9 Å². The molecule has 0 amide bonds. The van der Waals surface area contributed by atoms with Crippen molar-refractivity contribution in [1.29, 1.82) is 0 Å². The first kappa shape index (κ1) is 25.7. The van der Waals surface area contributed by atoms with Gasteiger partial charge in [0.15, 0.2) is 0 Å². The average Bonchev–Trinajstić information content (AvgIpc) is 2.84. The molecule has 1 fully saturated rings. The van der Waals surface area contributed by atoms with Crippen molar-refractivity contribution in [2.45, 2.75) is 83.7 Å². The van der Waals surface area contributed by atoms with E-state index in [-0.39, 0.29) is 0 Å². The molecule has 5 nitrogen and oxygen atoms in total. The number of aliphatic carboxylic acids is 1. The van der Waals surface area contributed by atoms with Crippen molar-refractivity contribution in [2.24, 2.45) is 5.41 Å². The zero-order chi connectivity index (χ0) is 25.1. The Morgan fingerprint density at radius 3 is 2.51 bits per heavy atom. The summed E-state index contributed by atoms with van der Waals surface area (Å²) >= 11 is 6.53. The van der Waals surface area contributed by atoms with E-state index in [2.05, 4.69) is 26.0 Å². The molecule has 190 valence electrons. The van der Waals surface area contributed by atoms with Crippen LogP contribution in [0.1, 0.15) is 82.8 Å². The van der Waals surface area contributed by atoms with Crippen molar-refractivity contribution in [1.82, 2.24) is 0 Å². The normalized spacial score (nSPS) is 21.6. The fourth-order valence-corrected chi connectivity index (χ4v) is 5.37. The number of rotatable bonds is 9. The summed E-state index contributed by atoms with van der Waals surface area (Å²) in [6.07, 6.45) is 7.21. The number of halogens is 1. The van der Waals surface area contributed by atoms with Crippen LogP contribution in [0.5, 0.6) is 17.2 Å². The minimum absolute atomic E-state index is 0.423. The smallest absolute Gasteiger partial charge is 0.348 e. The third kappa shape index (κ3) is 6.06. The van der Waals surface area contributed by atoms with Crippen molar-refractivity contribution in [3.63, 3.8) is 0 Å². The van der Waals surface area contributed by atoms with E-state index in [1.54, 1.807) is 6.07 Å². The standard InChI is InChI=1S/C29H37ClO5/c1-4-29(27(31)32)15-12-21-6-8-23(19-26(21)35-29)33-16-5-17-34-25-9-7-22(18-24(25)30)20-10-13-28(2,3)14-11-20/h6-9,18-20H,4-5,10-17H2,1-3H3,(H,31,32). The summed E-state index contributed by atoms with van der Waals surface area (Å²) in [4.78, 5) is 11.7. The molecule has 35 heavy (non-hydrogen) atoms. The van der Waals surface area contributed by atoms with E-state index in [1.165, 1.54) is 31.2 Å². The van der Waals surface area contributed by atoms with E-state index in [0.29, 0.717) is 72.5 Å². The molecule has 1 aliphatic heterocycles. The van der Waals surface area contributed by atoms with Gasteiger partial charge in [-0.2, -0.15) is 0 Å². The Labute approximate surface area is 213 Å². The van der Waals surface area contributed by atoms with Crippen LogP contribution in [0.15, 0.2) is 36.4 Å². The largest absolute Gasteiger partial charge is 0.493 e. The summed E-state index contributed by atoms with van der Waals surface area (Å²) in [6, 6.07) is 11.9. The molecular weight excluding hydrogens is 464 g/mol. The molecule has 2 aliphatic rings. The first-order valence-corrected chi connectivity index (χ1v) is 13.2. The van der Waals surface area contributed by atoms with Gasteiger partial charge < -0.3 is 19.3 Å². The first-order chi connectivity index (χ1) is 16.7. The highest BCUT2D eigenvalue weighted by Crippen LogP contribution is 2.43. The number of carboxylic acids is 1. The van der Waals surface area contributed by atoms with Gasteiger partial charge in [-0.15, -0.1) is 0 Å². The molecule has 1 heterocycles. The number of hydrogen-bond donors (Lipinski definition) is 1. The Hall–Kier alpha value is -2.40. The predicted octanol–water partition coefficient (Wildman–Crippen LogP) is 7.43. The fraction of sp³-hybridized carbons (Fsp3) is 0.552. The molecular formula is C29H37ClO5. The van der Waals surface area contributed by atoms with Gasteiger partial charge in [0.25, 0.3) is 0 Å². The summed E-state index contributed by atoms with van der Waals surface area (Å²) in [5.41, 5.74) is 1.63. The third-order valence-electron chi connectivity index (χ3n) is 7.68. The van der Waals surface area contributed by atoms with Gasteiger partial charge in [0.2, 0.25) is 5.60 Å². The Bertz CT molecular complexity index is 1040. The van der Waals surface area contributed by atoms with Crippen molar-refractivity contribution < 1.29 is 24.1 Å². The summed E-state index contributed by atoms with van der Waals surface area (Å²) in [6.45, 7) is 7.52. The van der Waals surface area contributed by atoms with Gasteiger partial charge in [0.05, 0.1) is 18.2 Å². The molecule has 4 rings (SSSR count). The summed E-state index contributed by atoms with van der Waals surface area (Å²) in [5.74, 6) is 1.64. The molecule has 2 aromatic carbocycles. The zero-order valence-corrected chi connectivity index (χ0v) is 21.8. The van der Waals surface area contributed by atoms with Crippen LogP contribution in [0.3, 0.4) is 0 Å². The first-order valence-electron chi connectivity index (χ1n) is 12.8. The highest BCUT2D eigenvalue weighted by atomic mass is 35.5. The molecule has 0 saturated heterocycles. The van der Waals surface area contributed by atoms with E-state index >= 15 is 0 Å². The molecule has 0 spiro atoms. The number of carbonyl (C=O) groups is 1. The van der Waals surface area contributed by atoms with E-state index in [9.17, 15) is 9.90 Å². The second-order valence-corrected chi connectivity index (χ2v) is 11.1. The van der Waals surface area contributed by atoms with Crippen LogP contribution < -0.4 is 14.2 Å². The Balaban J connectivity index is 1.24. The minimum atomic E-state index is -1.15. The topological polar surface area (TPSA) is 65.0 Å². The molecule has 1 saturated carbocycles. The number of carboxylic acid groups (broad SMARTS) is 1. The molecule has 1 N–H and O–H groups in total. The highest BCUT2D eigenvalue weighted by molar-refractivity contribution is 6.32. The van der Waals surface area contributed by atoms with Gasteiger partial charge in [0.1, 0.15) is 17.2 Å². The Morgan fingerprint density at radius 2 is 1.83 bits per heavy atom. The van der Waals surface area contributed by atoms with E-state index in [4.69, 9.17) is 25.8 Å². The van der Waals surface area contributed by atoms with Crippen molar-refractivity contribution in [2.75, 3.05) is 13.2 Å². The number of benzene rings is 2. The minimum Gasteiger partial charge on any atom is -0.493 e. The maximum absolute atomic E-state index is 11.7. The van der Waals surface area contributed by atoms with E-state index in [0.717, 1.165) is 5.56 Å². The molecule has 0 bridgehead atoms. The molecule has 1 unspecified atom stereocenters. The number of aryl methyl sites for hydroxylation is 1. The van der Waals surface area contributed by atoms with Crippen molar-refractivity contribution in [3.05, 3.63) is 52.5 Å². The van der Waals surface area contributed by atoms with Crippen LogP contribution in [0.25, 0.3) is 0 Å². The van der Waals surface area contributed by atoms with Gasteiger partial charge >= 0.3 is 5.97 Å². The summed E-state index contributed by atoms with van der Waals surface area (Å²) < 4.78 is 17.7. The van der Waals surface area contributed by atoms with Gasteiger partial charge in [-0.3, -0.25) is 0 Å². The molecule has 1 aliphatic carbocycles. The maximum atomic E-state index is 11.7. The fourth-order valence-electron chi connectivity index (χ4n) is 5.13. The Morgan fingerprint density at radius 1 is 1.09 bits per heavy atom. The lowest BCUT2D eigenvalue weighted by Crippen LogP contribution is -2.46. The second kappa shape index (κ2) is 10.7. The lowest BCUT2D eigenvalue weighted by atomic mass is 9.71. The quantitative estimate of drug-likeness (QED) is 0.362. The molecule has 0 aromatic heterocycles. The lowest BCUT2D eigenvalue weighted by Gasteiger charge is -2.34. The zero-order valence-electron chi connectivity index (χ0n) is 21.1. The Kier molecular flexibility index (Phi) is 7.85. The van der Waals surface area contributed by atoms with Crippen LogP contribution in [0, 0.1) is 5.41 Å². The highest BCUT2D eigenvalue weighted by Gasteiger charge is 2.42. The third-order valence-corrected chi connectivity index (χ3v) is 7.98. The number of ether oxygens (including phenoxy) is 3. The van der Waals surface area contributed by atoms with Gasteiger partial charge in [-0.25, -0.2) is 4.79 Å². The average molecular weight is 501 g/mol. The SMILES string of the molecule is CCC1(C(=O)O)CCc2ccc(OCCCOc3ccc(C4CCC(C)(C)CC4)cc3Cl)cc2O1. The van der Waals surface area contributed by atoms with Crippen LogP contribution in [-0.2, 0) is 11.2 Å². The molecule has 2 aromatic rings. The van der Waals surface area contributed by atoms with E-state index in [1.807, 2.05) is 25.1 Å². The van der Waals surface area contributed by atoms with Crippen LogP contribution >= 0.6 is 11.6 Å². The monoisotopic (exact) mass is 500 g/mol. The second-order valence-electron chi connectivity index (χ2n) is 10.7. The lowest BCUT2D eigenvalue weighted by molar-refractivity contribution is -0.157. The van der Waals surface area contributed by atoms with Gasteiger partial charge in [-0.05, 0) is 79.2 Å². The van der Waals surface area contributed by atoms with Gasteiger partial charge in [0, 0.05) is 18.9 Å². The number of fused-ring (bicyclic) bond motifs is 1. The maximum Gasteiger partial charge on any atom is 0.348 e. The predicted molar refractivity (Wildman–Crippen MR) is 138 cm³/mol.